The van der Waals surface area contributed by atoms with Gasteiger partial charge in [-0.3, -0.25) is 0 Å². The molecule has 0 amide bonds. The van der Waals surface area contributed by atoms with E-state index in [2.05, 4.69) is 10.8 Å². The summed E-state index contributed by atoms with van der Waals surface area (Å²) in [6.07, 6.45) is 2.48. The molecule has 0 aliphatic heterocycles. The van der Waals surface area contributed by atoms with E-state index in [0.29, 0.717) is 13.1 Å². The summed E-state index contributed by atoms with van der Waals surface area (Å²) in [5.41, 5.74) is 0. The third kappa shape index (κ3) is 2.94. The molecule has 1 aliphatic rings. The smallest absolute Gasteiger partial charge is 0.198 e. The molecule has 0 aromatic rings. The van der Waals surface area contributed by atoms with E-state index < -0.39 is 10.2 Å². The molecule has 0 spiro atoms. The Morgan fingerprint density at radius 1 is 1.38 bits per heavy atom. The van der Waals surface area contributed by atoms with E-state index in [9.17, 15) is 8.42 Å². The molecule has 5 nitrogen and oxygen atoms in total. The molecule has 0 aromatic heterocycles. The summed E-state index contributed by atoms with van der Waals surface area (Å²) in [4.78, 5) is 0. The first-order valence-corrected chi connectivity index (χ1v) is 7.16. The molecule has 2 atom stereocenters. The number of hydrogen-bond donors (Lipinski definition) is 1. The van der Waals surface area contributed by atoms with Crippen LogP contribution in [0.25, 0.3) is 0 Å². The second-order valence-corrected chi connectivity index (χ2v) is 5.68. The zero-order chi connectivity index (χ0) is 12.2. The highest BCUT2D eigenvalue weighted by molar-refractivity contribution is 7.87. The highest BCUT2D eigenvalue weighted by Crippen LogP contribution is 2.25. The van der Waals surface area contributed by atoms with Crippen molar-refractivity contribution in [1.82, 2.24) is 9.03 Å². The fourth-order valence-corrected chi connectivity index (χ4v) is 3.58. The lowest BCUT2D eigenvalue weighted by Crippen LogP contribution is -2.46. The van der Waals surface area contributed by atoms with Gasteiger partial charge in [-0.2, -0.15) is 22.7 Å². The lowest BCUT2D eigenvalue weighted by molar-refractivity contribution is 0.418. The molecule has 1 N–H and O–H groups in total. The van der Waals surface area contributed by atoms with Crippen molar-refractivity contribution in [2.24, 2.45) is 5.92 Å². The SMILES string of the molecule is CCN(CC)S(=O)(=O)NC1CCCC1C#N. The van der Waals surface area contributed by atoms with Gasteiger partial charge in [0, 0.05) is 19.1 Å². The Morgan fingerprint density at radius 3 is 2.50 bits per heavy atom. The summed E-state index contributed by atoms with van der Waals surface area (Å²) < 4.78 is 27.8. The molecule has 0 heterocycles. The van der Waals surface area contributed by atoms with Crippen molar-refractivity contribution in [2.45, 2.75) is 39.2 Å². The number of nitriles is 1. The zero-order valence-corrected chi connectivity index (χ0v) is 10.6. The standard InChI is InChI=1S/C10H19N3O2S/c1-3-13(4-2)16(14,15)12-10-7-5-6-9(10)8-11/h9-10,12H,3-7H2,1-2H3. The molecule has 0 bridgehead atoms. The molecule has 92 valence electrons. The van der Waals surface area contributed by atoms with Gasteiger partial charge in [0.05, 0.1) is 12.0 Å². The molecule has 1 aliphatic carbocycles. The van der Waals surface area contributed by atoms with Crippen LogP contribution in [0, 0.1) is 17.2 Å². The normalized spacial score (nSPS) is 25.9. The quantitative estimate of drug-likeness (QED) is 0.780. The van der Waals surface area contributed by atoms with Gasteiger partial charge in [0.2, 0.25) is 0 Å². The van der Waals surface area contributed by atoms with Crippen molar-refractivity contribution in [1.29, 1.82) is 5.26 Å². The average Bonchev–Trinajstić information content (AvgIpc) is 2.65. The first-order valence-electron chi connectivity index (χ1n) is 5.72. The van der Waals surface area contributed by atoms with Gasteiger partial charge >= 0.3 is 0 Å². The van der Waals surface area contributed by atoms with Crippen molar-refractivity contribution >= 4 is 10.2 Å². The molecule has 0 aromatic carbocycles. The molecule has 16 heavy (non-hydrogen) atoms. The maximum absolute atomic E-state index is 11.9. The van der Waals surface area contributed by atoms with Crippen molar-refractivity contribution in [3.05, 3.63) is 0 Å². The first-order chi connectivity index (χ1) is 7.55. The van der Waals surface area contributed by atoms with Crippen LogP contribution in [0.4, 0.5) is 0 Å². The Morgan fingerprint density at radius 2 is 2.00 bits per heavy atom. The van der Waals surface area contributed by atoms with Gasteiger partial charge in [-0.25, -0.2) is 0 Å². The second-order valence-electron chi connectivity index (χ2n) is 3.98. The van der Waals surface area contributed by atoms with Crippen LogP contribution in [0.3, 0.4) is 0 Å². The molecular weight excluding hydrogens is 226 g/mol. The van der Waals surface area contributed by atoms with Crippen molar-refractivity contribution in [3.63, 3.8) is 0 Å². The van der Waals surface area contributed by atoms with E-state index in [1.165, 1.54) is 4.31 Å². The van der Waals surface area contributed by atoms with E-state index in [-0.39, 0.29) is 12.0 Å². The minimum atomic E-state index is -3.42. The highest BCUT2D eigenvalue weighted by Gasteiger charge is 2.32. The fourth-order valence-electron chi connectivity index (χ4n) is 2.08. The number of rotatable bonds is 5. The van der Waals surface area contributed by atoms with E-state index in [1.807, 2.05) is 0 Å². The van der Waals surface area contributed by atoms with Gasteiger partial charge in [0.15, 0.2) is 0 Å². The van der Waals surface area contributed by atoms with Crippen LogP contribution in [-0.4, -0.2) is 31.9 Å². The molecule has 2 unspecified atom stereocenters. The fraction of sp³-hybridized carbons (Fsp3) is 0.900. The Balaban J connectivity index is 2.69. The van der Waals surface area contributed by atoms with Crippen LogP contribution < -0.4 is 4.72 Å². The van der Waals surface area contributed by atoms with Gasteiger partial charge < -0.3 is 0 Å². The van der Waals surface area contributed by atoms with Crippen LogP contribution in [0.15, 0.2) is 0 Å². The van der Waals surface area contributed by atoms with Crippen LogP contribution in [-0.2, 0) is 10.2 Å². The van der Waals surface area contributed by atoms with Crippen LogP contribution in [0.5, 0.6) is 0 Å². The molecule has 1 saturated carbocycles. The molecule has 1 fully saturated rings. The minimum absolute atomic E-state index is 0.176. The molecular formula is C10H19N3O2S. The third-order valence-electron chi connectivity index (χ3n) is 3.03. The summed E-state index contributed by atoms with van der Waals surface area (Å²) in [6.45, 7) is 4.52. The van der Waals surface area contributed by atoms with E-state index in [4.69, 9.17) is 5.26 Å². The Labute approximate surface area is 97.6 Å². The van der Waals surface area contributed by atoms with E-state index in [1.54, 1.807) is 13.8 Å². The monoisotopic (exact) mass is 245 g/mol. The Bertz CT molecular complexity index is 357. The van der Waals surface area contributed by atoms with Crippen molar-refractivity contribution < 1.29 is 8.42 Å². The van der Waals surface area contributed by atoms with Gasteiger partial charge in [-0.15, -0.1) is 0 Å². The maximum Gasteiger partial charge on any atom is 0.279 e. The summed E-state index contributed by atoms with van der Waals surface area (Å²) >= 11 is 0. The number of nitrogens with zero attached hydrogens (tertiary/aromatic N) is 2. The van der Waals surface area contributed by atoms with Crippen molar-refractivity contribution in [3.8, 4) is 6.07 Å². The average molecular weight is 245 g/mol. The van der Waals surface area contributed by atoms with Crippen molar-refractivity contribution in [2.75, 3.05) is 13.1 Å². The third-order valence-corrected chi connectivity index (χ3v) is 4.82. The molecule has 0 radical (unpaired) electrons. The number of hydrogen-bond acceptors (Lipinski definition) is 3. The summed E-state index contributed by atoms with van der Waals surface area (Å²) in [5.74, 6) is -0.176. The predicted molar refractivity (Wildman–Crippen MR) is 61.7 cm³/mol. The highest BCUT2D eigenvalue weighted by atomic mass is 32.2. The second kappa shape index (κ2) is 5.62. The Kier molecular flexibility index (Phi) is 4.71. The summed E-state index contributed by atoms with van der Waals surface area (Å²) in [7, 11) is -3.42. The predicted octanol–water partition coefficient (Wildman–Crippen LogP) is 0.855. The molecule has 0 saturated heterocycles. The van der Waals surface area contributed by atoms with Crippen LogP contribution >= 0.6 is 0 Å². The largest absolute Gasteiger partial charge is 0.279 e. The zero-order valence-electron chi connectivity index (χ0n) is 9.81. The van der Waals surface area contributed by atoms with Gasteiger partial charge in [-0.05, 0) is 12.8 Å². The molecule has 6 heteroatoms. The van der Waals surface area contributed by atoms with Gasteiger partial charge in [0.25, 0.3) is 10.2 Å². The first kappa shape index (κ1) is 13.4. The topological polar surface area (TPSA) is 73.2 Å². The van der Waals surface area contributed by atoms with Crippen LogP contribution in [0.1, 0.15) is 33.1 Å². The lowest BCUT2D eigenvalue weighted by atomic mass is 10.1. The number of nitrogens with one attached hydrogen (secondary N) is 1. The minimum Gasteiger partial charge on any atom is -0.198 e. The van der Waals surface area contributed by atoms with E-state index >= 15 is 0 Å². The van der Waals surface area contributed by atoms with E-state index in [0.717, 1.165) is 19.3 Å². The summed E-state index contributed by atoms with van der Waals surface area (Å²) in [6, 6.07) is 1.95. The maximum atomic E-state index is 11.9. The molecule has 1 rings (SSSR count). The van der Waals surface area contributed by atoms with Gasteiger partial charge in [-0.1, -0.05) is 20.3 Å². The van der Waals surface area contributed by atoms with Crippen LogP contribution in [0.2, 0.25) is 0 Å². The van der Waals surface area contributed by atoms with Gasteiger partial charge in [0.1, 0.15) is 0 Å². The lowest BCUT2D eigenvalue weighted by Gasteiger charge is -2.23. The Hall–Kier alpha value is -0.640. The summed E-state index contributed by atoms with van der Waals surface area (Å²) in [5, 5.41) is 8.89.